The van der Waals surface area contributed by atoms with Gasteiger partial charge in [0, 0.05) is 12.0 Å². The summed E-state index contributed by atoms with van der Waals surface area (Å²) in [5.41, 5.74) is 0.976. The molecule has 2 aromatic rings. The van der Waals surface area contributed by atoms with E-state index in [1.165, 1.54) is 11.3 Å². The van der Waals surface area contributed by atoms with Gasteiger partial charge in [-0.15, -0.1) is 11.3 Å². The van der Waals surface area contributed by atoms with Gasteiger partial charge in [-0.05, 0) is 24.4 Å². The number of thiophene rings is 1. The van der Waals surface area contributed by atoms with Crippen LogP contribution in [0.3, 0.4) is 0 Å². The van der Waals surface area contributed by atoms with Crippen LogP contribution in [-0.2, 0) is 4.79 Å². The van der Waals surface area contributed by atoms with Gasteiger partial charge in [-0.25, -0.2) is 0 Å². The number of hydrogen-bond donors (Lipinski definition) is 2. The average Bonchev–Trinajstić information content (AvgIpc) is 3.09. The third-order valence-electron chi connectivity index (χ3n) is 3.76. The van der Waals surface area contributed by atoms with Gasteiger partial charge in [0.25, 0.3) is 5.91 Å². The number of ether oxygens (including phenoxy) is 1. The minimum atomic E-state index is -0.598. The molecule has 2 heterocycles. The lowest BCUT2D eigenvalue weighted by Crippen LogP contribution is -2.46. The highest BCUT2D eigenvalue weighted by Crippen LogP contribution is 2.31. The molecule has 3 rings (SSSR count). The molecule has 120 valence electrons. The fourth-order valence-corrected chi connectivity index (χ4v) is 3.16. The van der Waals surface area contributed by atoms with E-state index in [4.69, 9.17) is 4.74 Å². The van der Waals surface area contributed by atoms with Crippen LogP contribution < -0.4 is 15.4 Å². The van der Waals surface area contributed by atoms with Gasteiger partial charge in [0.1, 0.15) is 11.8 Å². The molecule has 1 aliphatic rings. The molecule has 2 atom stereocenters. The van der Waals surface area contributed by atoms with E-state index in [0.717, 1.165) is 11.3 Å². The third-order valence-corrected chi connectivity index (χ3v) is 4.63. The number of benzene rings is 1. The highest BCUT2D eigenvalue weighted by molar-refractivity contribution is 7.12. The zero-order chi connectivity index (χ0) is 16.2. The molecule has 23 heavy (non-hydrogen) atoms. The summed E-state index contributed by atoms with van der Waals surface area (Å²) in [6, 6.07) is 10.5. The Morgan fingerprint density at radius 3 is 2.87 bits per heavy atom. The highest BCUT2D eigenvalue weighted by atomic mass is 32.1. The summed E-state index contributed by atoms with van der Waals surface area (Å²) < 4.78 is 5.59. The molecule has 1 aliphatic heterocycles. The van der Waals surface area contributed by atoms with Gasteiger partial charge in [-0.2, -0.15) is 0 Å². The molecule has 2 amide bonds. The maximum absolute atomic E-state index is 12.4. The van der Waals surface area contributed by atoms with E-state index < -0.39 is 6.04 Å². The molecule has 0 unspecified atom stereocenters. The van der Waals surface area contributed by atoms with Crippen molar-refractivity contribution in [3.63, 3.8) is 0 Å². The van der Waals surface area contributed by atoms with Gasteiger partial charge < -0.3 is 15.4 Å². The number of carbonyl (C=O) groups excluding carboxylic acids is 2. The van der Waals surface area contributed by atoms with Crippen LogP contribution in [0, 0.1) is 0 Å². The second kappa shape index (κ2) is 6.83. The lowest BCUT2D eigenvalue weighted by Gasteiger charge is -2.27. The van der Waals surface area contributed by atoms with Gasteiger partial charge in [-0.1, -0.05) is 24.3 Å². The number of amides is 2. The molecule has 0 saturated carbocycles. The van der Waals surface area contributed by atoms with Crippen LogP contribution in [-0.4, -0.2) is 24.5 Å². The third kappa shape index (κ3) is 3.53. The van der Waals surface area contributed by atoms with E-state index >= 15 is 0 Å². The van der Waals surface area contributed by atoms with E-state index in [-0.39, 0.29) is 17.9 Å². The standard InChI is InChI=1S/C17H18N2O3S/c1-11(18-17(21)15-7-4-10-23-15)16(20)19-13-8-9-22-14-6-3-2-5-12(13)14/h2-7,10-11,13H,8-9H2,1H3,(H,18,21)(H,19,20)/t11-,13+/m1/s1. The Balaban J connectivity index is 1.62. The van der Waals surface area contributed by atoms with Crippen LogP contribution in [0.15, 0.2) is 41.8 Å². The molecule has 0 bridgehead atoms. The summed E-state index contributed by atoms with van der Waals surface area (Å²) in [6.07, 6.45) is 0.717. The zero-order valence-electron chi connectivity index (χ0n) is 12.7. The first-order valence-electron chi connectivity index (χ1n) is 7.51. The maximum atomic E-state index is 12.4. The molecule has 0 spiro atoms. The van der Waals surface area contributed by atoms with Crippen molar-refractivity contribution in [3.8, 4) is 5.75 Å². The first kappa shape index (κ1) is 15.6. The first-order chi connectivity index (χ1) is 11.1. The molecule has 5 nitrogen and oxygen atoms in total. The fourth-order valence-electron chi connectivity index (χ4n) is 2.53. The Hall–Kier alpha value is -2.34. The Bertz CT molecular complexity index is 700. The average molecular weight is 330 g/mol. The Labute approximate surface area is 138 Å². The fraction of sp³-hybridized carbons (Fsp3) is 0.294. The molecule has 0 saturated heterocycles. The summed E-state index contributed by atoms with van der Waals surface area (Å²) in [5.74, 6) is 0.381. The lowest BCUT2D eigenvalue weighted by atomic mass is 10.0. The van der Waals surface area contributed by atoms with E-state index in [1.54, 1.807) is 13.0 Å². The summed E-state index contributed by atoms with van der Waals surface area (Å²) in [5, 5.41) is 7.55. The number of para-hydroxylation sites is 1. The maximum Gasteiger partial charge on any atom is 0.261 e. The van der Waals surface area contributed by atoms with Crippen LogP contribution >= 0.6 is 11.3 Å². The summed E-state index contributed by atoms with van der Waals surface area (Å²) >= 11 is 1.35. The van der Waals surface area contributed by atoms with Crippen molar-refractivity contribution in [2.45, 2.75) is 25.4 Å². The predicted octanol–water partition coefficient (Wildman–Crippen LogP) is 2.51. The number of rotatable bonds is 4. The molecule has 0 radical (unpaired) electrons. The van der Waals surface area contributed by atoms with Crippen molar-refractivity contribution >= 4 is 23.2 Å². The molecule has 2 N–H and O–H groups in total. The molecular weight excluding hydrogens is 312 g/mol. The molecule has 1 aromatic heterocycles. The second-order valence-electron chi connectivity index (χ2n) is 5.41. The highest BCUT2D eigenvalue weighted by Gasteiger charge is 2.25. The van der Waals surface area contributed by atoms with Gasteiger partial charge in [0.15, 0.2) is 0 Å². The summed E-state index contributed by atoms with van der Waals surface area (Å²) in [4.78, 5) is 25.0. The van der Waals surface area contributed by atoms with Crippen LogP contribution in [0.1, 0.15) is 34.6 Å². The van der Waals surface area contributed by atoms with Crippen molar-refractivity contribution in [2.24, 2.45) is 0 Å². The molecule has 1 aromatic carbocycles. The van der Waals surface area contributed by atoms with Crippen molar-refractivity contribution in [2.75, 3.05) is 6.61 Å². The van der Waals surface area contributed by atoms with Crippen LogP contribution in [0.2, 0.25) is 0 Å². The van der Waals surface area contributed by atoms with E-state index in [9.17, 15) is 9.59 Å². The van der Waals surface area contributed by atoms with Gasteiger partial charge in [0.2, 0.25) is 5.91 Å². The molecule has 0 fully saturated rings. The van der Waals surface area contributed by atoms with Gasteiger partial charge in [0.05, 0.1) is 17.5 Å². The van der Waals surface area contributed by atoms with Crippen LogP contribution in [0.4, 0.5) is 0 Å². The van der Waals surface area contributed by atoms with E-state index in [2.05, 4.69) is 10.6 Å². The Morgan fingerprint density at radius 2 is 2.09 bits per heavy atom. The second-order valence-corrected chi connectivity index (χ2v) is 6.36. The largest absolute Gasteiger partial charge is 0.493 e. The monoisotopic (exact) mass is 330 g/mol. The normalized spacial score (nSPS) is 17.5. The quantitative estimate of drug-likeness (QED) is 0.905. The summed E-state index contributed by atoms with van der Waals surface area (Å²) in [7, 11) is 0. The Kier molecular flexibility index (Phi) is 4.62. The SMILES string of the molecule is C[C@@H](NC(=O)c1cccs1)C(=O)N[C@H]1CCOc2ccccc21. The van der Waals surface area contributed by atoms with E-state index in [1.807, 2.05) is 35.7 Å². The number of nitrogens with one attached hydrogen (secondary N) is 2. The topological polar surface area (TPSA) is 67.4 Å². The molecular formula is C17H18N2O3S. The van der Waals surface area contributed by atoms with Crippen molar-refractivity contribution in [1.29, 1.82) is 0 Å². The van der Waals surface area contributed by atoms with Gasteiger partial charge in [-0.3, -0.25) is 9.59 Å². The zero-order valence-corrected chi connectivity index (χ0v) is 13.6. The molecule has 6 heteroatoms. The first-order valence-corrected chi connectivity index (χ1v) is 8.39. The minimum absolute atomic E-state index is 0.0893. The van der Waals surface area contributed by atoms with E-state index in [0.29, 0.717) is 17.9 Å². The lowest BCUT2D eigenvalue weighted by molar-refractivity contribution is -0.123. The summed E-state index contributed by atoms with van der Waals surface area (Å²) in [6.45, 7) is 2.25. The minimum Gasteiger partial charge on any atom is -0.493 e. The molecule has 0 aliphatic carbocycles. The van der Waals surface area contributed by atoms with Crippen molar-refractivity contribution in [1.82, 2.24) is 10.6 Å². The van der Waals surface area contributed by atoms with Crippen molar-refractivity contribution < 1.29 is 14.3 Å². The number of carbonyl (C=O) groups is 2. The number of hydrogen-bond acceptors (Lipinski definition) is 4. The van der Waals surface area contributed by atoms with Crippen LogP contribution in [0.5, 0.6) is 5.75 Å². The number of fused-ring (bicyclic) bond motifs is 1. The van der Waals surface area contributed by atoms with Gasteiger partial charge >= 0.3 is 0 Å². The smallest absolute Gasteiger partial charge is 0.261 e. The Morgan fingerprint density at radius 1 is 1.26 bits per heavy atom. The predicted molar refractivity (Wildman–Crippen MR) is 88.7 cm³/mol. The van der Waals surface area contributed by atoms with Crippen molar-refractivity contribution in [3.05, 3.63) is 52.2 Å². The van der Waals surface area contributed by atoms with Crippen LogP contribution in [0.25, 0.3) is 0 Å².